The number of aryl methyl sites for hydroxylation is 2. The molecule has 0 aliphatic carbocycles. The number of benzene rings is 1. The van der Waals surface area contributed by atoms with Crippen molar-refractivity contribution in [2.45, 2.75) is 25.9 Å². The Kier molecular flexibility index (Phi) is 5.32. The second-order valence-electron chi connectivity index (χ2n) is 4.58. The number of hydrogen-bond donors (Lipinski definition) is 3. The topological polar surface area (TPSA) is 70.6 Å². The molecular formula is C14H22N2O3. The number of methoxy groups -OCH3 is 1. The summed E-state index contributed by atoms with van der Waals surface area (Å²) in [7, 11) is 4.98. The Morgan fingerprint density at radius 2 is 1.89 bits per heavy atom. The Balaban J connectivity index is 3.35. The predicted octanol–water partition coefficient (Wildman–Crippen LogP) is 1.25. The van der Waals surface area contributed by atoms with Gasteiger partial charge in [0.2, 0.25) is 0 Å². The molecule has 0 aromatic heterocycles. The standard InChI is InChI=1S/C14H22N2O3/c1-8-6-9(2)13(19-5)10(7-8)11(15-3)12(16-4)14(17)18/h6-7,11-12,15-16H,1-5H3,(H,17,18). The molecule has 2 atom stereocenters. The predicted molar refractivity (Wildman–Crippen MR) is 74.8 cm³/mol. The Labute approximate surface area is 114 Å². The van der Waals surface area contributed by atoms with Gasteiger partial charge in [-0.2, -0.15) is 0 Å². The summed E-state index contributed by atoms with van der Waals surface area (Å²) >= 11 is 0. The maximum atomic E-state index is 11.3. The largest absolute Gasteiger partial charge is 0.496 e. The highest BCUT2D eigenvalue weighted by Crippen LogP contribution is 2.31. The molecule has 3 N–H and O–H groups in total. The van der Waals surface area contributed by atoms with Gasteiger partial charge in [-0.3, -0.25) is 4.79 Å². The van der Waals surface area contributed by atoms with Gasteiger partial charge in [-0.05, 0) is 33.5 Å². The van der Waals surface area contributed by atoms with Gasteiger partial charge in [-0.1, -0.05) is 17.7 Å². The minimum Gasteiger partial charge on any atom is -0.496 e. The number of likely N-dealkylation sites (N-methyl/N-ethyl adjacent to an activating group) is 2. The van der Waals surface area contributed by atoms with E-state index < -0.39 is 12.0 Å². The van der Waals surface area contributed by atoms with Gasteiger partial charge < -0.3 is 20.5 Å². The highest BCUT2D eigenvalue weighted by Gasteiger charge is 2.29. The van der Waals surface area contributed by atoms with E-state index in [-0.39, 0.29) is 6.04 Å². The molecule has 0 aliphatic rings. The number of rotatable bonds is 6. The lowest BCUT2D eigenvalue weighted by molar-refractivity contribution is -0.140. The van der Waals surface area contributed by atoms with Gasteiger partial charge in [-0.25, -0.2) is 0 Å². The van der Waals surface area contributed by atoms with Crippen molar-refractivity contribution in [2.75, 3.05) is 21.2 Å². The molecule has 0 heterocycles. The van der Waals surface area contributed by atoms with Crippen molar-refractivity contribution in [3.63, 3.8) is 0 Å². The van der Waals surface area contributed by atoms with Gasteiger partial charge in [0.25, 0.3) is 0 Å². The van der Waals surface area contributed by atoms with Gasteiger partial charge >= 0.3 is 5.97 Å². The highest BCUT2D eigenvalue weighted by molar-refractivity contribution is 5.75. The third kappa shape index (κ3) is 3.24. The summed E-state index contributed by atoms with van der Waals surface area (Å²) in [5.41, 5.74) is 2.93. The van der Waals surface area contributed by atoms with Gasteiger partial charge in [0.05, 0.1) is 13.2 Å². The van der Waals surface area contributed by atoms with E-state index in [0.717, 1.165) is 22.4 Å². The molecule has 0 aliphatic heterocycles. The van der Waals surface area contributed by atoms with Gasteiger partial charge in [-0.15, -0.1) is 0 Å². The summed E-state index contributed by atoms with van der Waals surface area (Å²) in [6.07, 6.45) is 0. The van der Waals surface area contributed by atoms with Crippen LogP contribution in [0.15, 0.2) is 12.1 Å². The van der Waals surface area contributed by atoms with Crippen LogP contribution in [0, 0.1) is 13.8 Å². The fourth-order valence-electron chi connectivity index (χ4n) is 2.43. The molecule has 0 amide bonds. The number of hydrogen-bond acceptors (Lipinski definition) is 4. The van der Waals surface area contributed by atoms with Crippen molar-refractivity contribution in [3.8, 4) is 5.75 Å². The first-order valence-corrected chi connectivity index (χ1v) is 6.18. The van der Waals surface area contributed by atoms with Crippen LogP contribution in [0.1, 0.15) is 22.7 Å². The molecule has 1 aromatic rings. The van der Waals surface area contributed by atoms with Crippen molar-refractivity contribution < 1.29 is 14.6 Å². The quantitative estimate of drug-likeness (QED) is 0.723. The Morgan fingerprint density at radius 1 is 1.26 bits per heavy atom. The maximum absolute atomic E-state index is 11.3. The summed E-state index contributed by atoms with van der Waals surface area (Å²) in [6, 6.07) is 2.89. The van der Waals surface area contributed by atoms with Gasteiger partial charge in [0.15, 0.2) is 0 Å². The van der Waals surface area contributed by atoms with Crippen LogP contribution in [-0.4, -0.2) is 38.3 Å². The minimum atomic E-state index is -0.900. The lowest BCUT2D eigenvalue weighted by Crippen LogP contribution is -2.44. The lowest BCUT2D eigenvalue weighted by Gasteiger charge is -2.26. The average molecular weight is 266 g/mol. The van der Waals surface area contributed by atoms with Crippen LogP contribution in [-0.2, 0) is 4.79 Å². The number of carboxylic acids is 1. The first-order valence-electron chi connectivity index (χ1n) is 6.18. The van der Waals surface area contributed by atoms with Gasteiger partial charge in [0.1, 0.15) is 11.8 Å². The molecule has 0 bridgehead atoms. The van der Waals surface area contributed by atoms with E-state index in [1.54, 1.807) is 21.2 Å². The molecule has 0 radical (unpaired) electrons. The molecule has 0 fully saturated rings. The zero-order chi connectivity index (χ0) is 14.6. The molecule has 0 saturated heterocycles. The first kappa shape index (κ1) is 15.5. The molecule has 5 heteroatoms. The van der Waals surface area contributed by atoms with E-state index in [1.807, 2.05) is 26.0 Å². The first-order chi connectivity index (χ1) is 8.96. The van der Waals surface area contributed by atoms with Crippen molar-refractivity contribution in [1.82, 2.24) is 10.6 Å². The third-order valence-corrected chi connectivity index (χ3v) is 3.21. The van der Waals surface area contributed by atoms with Crippen LogP contribution in [0.3, 0.4) is 0 Å². The number of ether oxygens (including phenoxy) is 1. The summed E-state index contributed by atoms with van der Waals surface area (Å²) in [4.78, 5) is 11.3. The zero-order valence-corrected chi connectivity index (χ0v) is 12.1. The van der Waals surface area contributed by atoms with Crippen LogP contribution >= 0.6 is 0 Å². The normalized spacial score (nSPS) is 13.9. The Hall–Kier alpha value is -1.59. The van der Waals surface area contributed by atoms with Crippen LogP contribution < -0.4 is 15.4 Å². The molecule has 0 spiro atoms. The van der Waals surface area contributed by atoms with Gasteiger partial charge in [0, 0.05) is 5.56 Å². The number of aliphatic carboxylic acids is 1. The highest BCUT2D eigenvalue weighted by atomic mass is 16.5. The molecule has 5 nitrogen and oxygen atoms in total. The fourth-order valence-corrected chi connectivity index (χ4v) is 2.43. The van der Waals surface area contributed by atoms with Crippen LogP contribution in [0.4, 0.5) is 0 Å². The van der Waals surface area contributed by atoms with E-state index in [4.69, 9.17) is 4.74 Å². The third-order valence-electron chi connectivity index (χ3n) is 3.21. The van der Waals surface area contributed by atoms with Crippen LogP contribution in [0.5, 0.6) is 5.75 Å². The number of nitrogens with one attached hydrogen (secondary N) is 2. The molecular weight excluding hydrogens is 244 g/mol. The second kappa shape index (κ2) is 6.54. The molecule has 1 rings (SSSR count). The zero-order valence-electron chi connectivity index (χ0n) is 12.1. The average Bonchev–Trinajstić information content (AvgIpc) is 2.34. The number of carbonyl (C=O) groups is 1. The second-order valence-corrected chi connectivity index (χ2v) is 4.58. The summed E-state index contributed by atoms with van der Waals surface area (Å²) in [5.74, 6) is -0.172. The molecule has 0 saturated carbocycles. The van der Waals surface area contributed by atoms with Crippen LogP contribution in [0.2, 0.25) is 0 Å². The van der Waals surface area contributed by atoms with E-state index in [1.165, 1.54) is 0 Å². The molecule has 19 heavy (non-hydrogen) atoms. The van der Waals surface area contributed by atoms with E-state index in [9.17, 15) is 9.90 Å². The Bertz CT molecular complexity index is 460. The maximum Gasteiger partial charge on any atom is 0.322 e. The van der Waals surface area contributed by atoms with Crippen molar-refractivity contribution in [3.05, 3.63) is 28.8 Å². The summed E-state index contributed by atoms with van der Waals surface area (Å²) in [5, 5.41) is 15.2. The molecule has 2 unspecified atom stereocenters. The monoisotopic (exact) mass is 266 g/mol. The SMILES string of the molecule is CNC(C(=O)O)C(NC)c1cc(C)cc(C)c1OC. The van der Waals surface area contributed by atoms with E-state index in [2.05, 4.69) is 10.6 Å². The van der Waals surface area contributed by atoms with Crippen molar-refractivity contribution >= 4 is 5.97 Å². The summed E-state index contributed by atoms with van der Waals surface area (Å²) < 4.78 is 5.43. The van der Waals surface area contributed by atoms with E-state index in [0.29, 0.717) is 0 Å². The number of carboxylic acid groups (broad SMARTS) is 1. The minimum absolute atomic E-state index is 0.365. The van der Waals surface area contributed by atoms with Crippen molar-refractivity contribution in [2.24, 2.45) is 0 Å². The molecule has 1 aromatic carbocycles. The summed E-state index contributed by atoms with van der Waals surface area (Å²) in [6.45, 7) is 3.94. The van der Waals surface area contributed by atoms with Crippen LogP contribution in [0.25, 0.3) is 0 Å². The lowest BCUT2D eigenvalue weighted by atomic mass is 9.94. The Morgan fingerprint density at radius 3 is 2.32 bits per heavy atom. The molecule has 106 valence electrons. The smallest absolute Gasteiger partial charge is 0.322 e. The van der Waals surface area contributed by atoms with E-state index >= 15 is 0 Å². The fraction of sp³-hybridized carbons (Fsp3) is 0.500. The van der Waals surface area contributed by atoms with Crippen molar-refractivity contribution in [1.29, 1.82) is 0 Å².